The van der Waals surface area contributed by atoms with Gasteiger partial charge in [0.15, 0.2) is 0 Å². The summed E-state index contributed by atoms with van der Waals surface area (Å²) in [6.07, 6.45) is 0.315. The molecule has 2 amide bonds. The van der Waals surface area contributed by atoms with E-state index < -0.39 is 0 Å². The molecule has 0 saturated heterocycles. The molecule has 0 atom stereocenters. The van der Waals surface area contributed by atoms with Gasteiger partial charge in [0.25, 0.3) is 0 Å². The lowest BCUT2D eigenvalue weighted by Crippen LogP contribution is -2.32. The second-order valence-electron chi connectivity index (χ2n) is 6.06. The number of para-hydroxylation sites is 1. The maximum absolute atomic E-state index is 12.6. The Bertz CT molecular complexity index is 723. The maximum Gasteiger partial charge on any atom is 0.238 e. The Hall–Kier alpha value is -2.41. The highest BCUT2D eigenvalue weighted by atomic mass is 35.5. The molecule has 28 heavy (non-hydrogen) atoms. The number of benzene rings is 2. The molecule has 0 aliphatic carbocycles. The van der Waals surface area contributed by atoms with Gasteiger partial charge in [-0.1, -0.05) is 30.3 Å². The van der Waals surface area contributed by atoms with E-state index in [0.717, 1.165) is 11.3 Å². The summed E-state index contributed by atoms with van der Waals surface area (Å²) in [5, 5.41) is 5.81. The minimum Gasteiger partial charge on any atom is -0.383 e. The van der Waals surface area contributed by atoms with Crippen molar-refractivity contribution in [2.75, 3.05) is 43.6 Å². The van der Waals surface area contributed by atoms with Gasteiger partial charge in [-0.25, -0.2) is 0 Å². The minimum atomic E-state index is -0.115. The van der Waals surface area contributed by atoms with Crippen LogP contribution in [0.4, 0.5) is 11.4 Å². The van der Waals surface area contributed by atoms with Crippen molar-refractivity contribution in [2.24, 2.45) is 0 Å². The molecule has 0 heterocycles. The number of carbonyl (C=O) groups is 2. The Balaban J connectivity index is 0.00000392. The summed E-state index contributed by atoms with van der Waals surface area (Å²) >= 11 is 0. The van der Waals surface area contributed by atoms with Crippen LogP contribution in [0, 0.1) is 0 Å². The molecule has 7 heteroatoms. The Labute approximate surface area is 172 Å². The van der Waals surface area contributed by atoms with Crippen LogP contribution >= 0.6 is 12.4 Å². The second-order valence-corrected chi connectivity index (χ2v) is 6.06. The van der Waals surface area contributed by atoms with Gasteiger partial charge in [0, 0.05) is 31.6 Å². The van der Waals surface area contributed by atoms with Gasteiger partial charge >= 0.3 is 0 Å². The SMILES string of the molecule is CCN(C(=O)Cc1ccc(NC(=O)CNCCOC)cc1)c1ccccc1.Cl. The van der Waals surface area contributed by atoms with Crippen molar-refractivity contribution in [1.82, 2.24) is 5.32 Å². The van der Waals surface area contributed by atoms with Gasteiger partial charge in [-0.15, -0.1) is 12.4 Å². The summed E-state index contributed by atoms with van der Waals surface area (Å²) in [4.78, 5) is 26.2. The van der Waals surface area contributed by atoms with E-state index in [0.29, 0.717) is 31.8 Å². The zero-order valence-electron chi connectivity index (χ0n) is 16.3. The number of halogens is 1. The predicted octanol–water partition coefficient (Wildman–Crippen LogP) is 2.88. The fourth-order valence-corrected chi connectivity index (χ4v) is 2.67. The number of hydrogen-bond acceptors (Lipinski definition) is 4. The van der Waals surface area contributed by atoms with E-state index in [9.17, 15) is 9.59 Å². The van der Waals surface area contributed by atoms with Crippen LogP contribution < -0.4 is 15.5 Å². The van der Waals surface area contributed by atoms with Crippen LogP contribution in [-0.4, -0.2) is 45.2 Å². The van der Waals surface area contributed by atoms with Gasteiger partial charge in [-0.2, -0.15) is 0 Å². The number of nitrogens with zero attached hydrogens (tertiary/aromatic N) is 1. The summed E-state index contributed by atoms with van der Waals surface area (Å²) in [6.45, 7) is 4.00. The molecule has 6 nitrogen and oxygen atoms in total. The zero-order valence-corrected chi connectivity index (χ0v) is 17.1. The molecule has 0 aliphatic rings. The van der Waals surface area contributed by atoms with Crippen LogP contribution in [0.2, 0.25) is 0 Å². The molecule has 152 valence electrons. The molecule has 0 spiro atoms. The number of methoxy groups -OCH3 is 1. The van der Waals surface area contributed by atoms with Gasteiger partial charge in [-0.05, 0) is 36.8 Å². The lowest BCUT2D eigenvalue weighted by Gasteiger charge is -2.21. The van der Waals surface area contributed by atoms with Gasteiger partial charge in [0.1, 0.15) is 0 Å². The number of amides is 2. The number of anilines is 2. The van der Waals surface area contributed by atoms with Crippen LogP contribution in [0.15, 0.2) is 54.6 Å². The Morgan fingerprint density at radius 1 is 1.04 bits per heavy atom. The molecule has 2 rings (SSSR count). The Morgan fingerprint density at radius 2 is 1.71 bits per heavy atom. The maximum atomic E-state index is 12.6. The quantitative estimate of drug-likeness (QED) is 0.596. The lowest BCUT2D eigenvalue weighted by molar-refractivity contribution is -0.118. The van der Waals surface area contributed by atoms with Crippen LogP contribution in [-0.2, 0) is 20.7 Å². The molecule has 0 aromatic heterocycles. The number of carbonyl (C=O) groups excluding carboxylic acids is 2. The third-order valence-corrected chi connectivity index (χ3v) is 4.05. The van der Waals surface area contributed by atoms with Crippen molar-refractivity contribution in [1.29, 1.82) is 0 Å². The Kier molecular flexibility index (Phi) is 10.9. The largest absolute Gasteiger partial charge is 0.383 e. The highest BCUT2D eigenvalue weighted by Gasteiger charge is 2.14. The van der Waals surface area contributed by atoms with Crippen molar-refractivity contribution < 1.29 is 14.3 Å². The van der Waals surface area contributed by atoms with Crippen molar-refractivity contribution >= 4 is 35.6 Å². The summed E-state index contributed by atoms with van der Waals surface area (Å²) in [5.74, 6) is -0.0704. The summed E-state index contributed by atoms with van der Waals surface area (Å²) in [6, 6.07) is 17.0. The first-order chi connectivity index (χ1) is 13.1. The van der Waals surface area contributed by atoms with Crippen LogP contribution in [0.25, 0.3) is 0 Å². The van der Waals surface area contributed by atoms with E-state index in [2.05, 4.69) is 10.6 Å². The fourth-order valence-electron chi connectivity index (χ4n) is 2.67. The summed E-state index contributed by atoms with van der Waals surface area (Å²) in [5.41, 5.74) is 2.51. The molecule has 2 aromatic rings. The first-order valence-corrected chi connectivity index (χ1v) is 9.08. The van der Waals surface area contributed by atoms with Crippen LogP contribution in [0.3, 0.4) is 0 Å². The van der Waals surface area contributed by atoms with E-state index >= 15 is 0 Å². The van der Waals surface area contributed by atoms with E-state index in [1.807, 2.05) is 61.5 Å². The number of ether oxygens (including phenoxy) is 1. The topological polar surface area (TPSA) is 70.7 Å². The van der Waals surface area contributed by atoms with Gasteiger partial charge in [0.2, 0.25) is 11.8 Å². The van der Waals surface area contributed by atoms with Crippen LogP contribution in [0.1, 0.15) is 12.5 Å². The first-order valence-electron chi connectivity index (χ1n) is 9.08. The highest BCUT2D eigenvalue weighted by Crippen LogP contribution is 2.16. The van der Waals surface area contributed by atoms with E-state index in [-0.39, 0.29) is 30.8 Å². The number of nitrogens with one attached hydrogen (secondary N) is 2. The minimum absolute atomic E-state index is 0. The third kappa shape index (κ3) is 7.68. The molecule has 0 saturated carbocycles. The molecule has 0 bridgehead atoms. The average Bonchev–Trinajstić information content (AvgIpc) is 2.68. The monoisotopic (exact) mass is 405 g/mol. The van der Waals surface area contributed by atoms with Crippen molar-refractivity contribution in [3.63, 3.8) is 0 Å². The Morgan fingerprint density at radius 3 is 2.32 bits per heavy atom. The molecule has 0 aliphatic heterocycles. The van der Waals surface area contributed by atoms with E-state index in [1.54, 1.807) is 12.0 Å². The molecule has 2 aromatic carbocycles. The number of rotatable bonds is 10. The van der Waals surface area contributed by atoms with Crippen molar-refractivity contribution in [3.8, 4) is 0 Å². The molecular weight excluding hydrogens is 378 g/mol. The van der Waals surface area contributed by atoms with Gasteiger partial charge in [0.05, 0.1) is 19.6 Å². The zero-order chi connectivity index (χ0) is 19.5. The number of likely N-dealkylation sites (N-methyl/N-ethyl adjacent to an activating group) is 1. The highest BCUT2D eigenvalue weighted by molar-refractivity contribution is 5.95. The molecule has 0 unspecified atom stereocenters. The molecule has 2 N–H and O–H groups in total. The third-order valence-electron chi connectivity index (χ3n) is 4.05. The molecular formula is C21H28ClN3O3. The average molecular weight is 406 g/mol. The first kappa shape index (κ1) is 23.6. The fraction of sp³-hybridized carbons (Fsp3) is 0.333. The summed E-state index contributed by atoms with van der Waals surface area (Å²) in [7, 11) is 1.62. The normalized spacial score (nSPS) is 10.1. The summed E-state index contributed by atoms with van der Waals surface area (Å²) < 4.78 is 4.91. The van der Waals surface area contributed by atoms with Gasteiger partial charge in [-0.3, -0.25) is 9.59 Å². The van der Waals surface area contributed by atoms with E-state index in [4.69, 9.17) is 4.74 Å². The van der Waals surface area contributed by atoms with Crippen molar-refractivity contribution in [2.45, 2.75) is 13.3 Å². The smallest absolute Gasteiger partial charge is 0.238 e. The predicted molar refractivity (Wildman–Crippen MR) is 115 cm³/mol. The van der Waals surface area contributed by atoms with Crippen LogP contribution in [0.5, 0.6) is 0 Å². The standard InChI is InChI=1S/C21H27N3O3.ClH/c1-3-24(19-7-5-4-6-8-19)21(26)15-17-9-11-18(12-10-17)23-20(25)16-22-13-14-27-2;/h4-12,22H,3,13-16H2,1-2H3,(H,23,25);1H. The number of hydrogen-bond donors (Lipinski definition) is 2. The molecule has 0 fully saturated rings. The van der Waals surface area contributed by atoms with E-state index in [1.165, 1.54) is 0 Å². The van der Waals surface area contributed by atoms with Gasteiger partial charge < -0.3 is 20.3 Å². The second kappa shape index (κ2) is 12.9. The van der Waals surface area contributed by atoms with Crippen molar-refractivity contribution in [3.05, 3.63) is 60.2 Å². The molecule has 0 radical (unpaired) electrons. The lowest BCUT2D eigenvalue weighted by atomic mass is 10.1.